The van der Waals surface area contributed by atoms with Gasteiger partial charge in [-0.25, -0.2) is 4.98 Å². The van der Waals surface area contributed by atoms with Gasteiger partial charge >= 0.3 is 0 Å². The zero-order chi connectivity index (χ0) is 12.5. The van der Waals surface area contributed by atoms with Crippen LogP contribution in [0.25, 0.3) is 10.2 Å². The Hall–Kier alpha value is -1.24. The minimum atomic E-state index is -1.08. The summed E-state index contributed by atoms with van der Waals surface area (Å²) in [6.45, 7) is 0. The molecule has 0 aliphatic carbocycles. The Morgan fingerprint density at radius 3 is 3.00 bits per heavy atom. The van der Waals surface area contributed by atoms with Crippen molar-refractivity contribution >= 4 is 49.4 Å². The molecule has 0 saturated carbocycles. The predicted molar refractivity (Wildman–Crippen MR) is 78.5 cm³/mol. The molecule has 2 N–H and O–H groups in total. The maximum atomic E-state index is 12.2. The average molecular weight is 294 g/mol. The van der Waals surface area contributed by atoms with Gasteiger partial charge in [0, 0.05) is 5.69 Å². The van der Waals surface area contributed by atoms with Gasteiger partial charge in [-0.3, -0.25) is 4.21 Å². The number of nitrogen functional groups attached to an aromatic ring is 1. The third-order valence-corrected chi connectivity index (χ3v) is 5.89. The fourth-order valence-corrected chi connectivity index (χ4v) is 4.75. The van der Waals surface area contributed by atoms with Gasteiger partial charge in [0.15, 0.2) is 4.34 Å². The van der Waals surface area contributed by atoms with Crippen LogP contribution in [0.2, 0.25) is 0 Å². The molecule has 1 aromatic carbocycles. The van der Waals surface area contributed by atoms with Gasteiger partial charge in [0.1, 0.15) is 0 Å². The smallest absolute Gasteiger partial charge is 0.182 e. The number of thiophene rings is 1. The van der Waals surface area contributed by atoms with Gasteiger partial charge in [-0.2, -0.15) is 11.3 Å². The van der Waals surface area contributed by atoms with Gasteiger partial charge in [-0.1, -0.05) is 0 Å². The Bertz CT molecular complexity index is 703. The molecular weight excluding hydrogens is 284 g/mol. The Kier molecular flexibility index (Phi) is 3.15. The fourth-order valence-electron chi connectivity index (χ4n) is 1.61. The quantitative estimate of drug-likeness (QED) is 0.754. The van der Waals surface area contributed by atoms with Crippen molar-refractivity contribution in [3.05, 3.63) is 40.6 Å². The zero-order valence-corrected chi connectivity index (χ0v) is 11.8. The van der Waals surface area contributed by atoms with Crippen molar-refractivity contribution in [2.75, 3.05) is 5.73 Å². The molecule has 0 amide bonds. The molecule has 3 rings (SSSR count). The first-order chi connectivity index (χ1) is 8.72. The summed E-state index contributed by atoms with van der Waals surface area (Å²) in [7, 11) is -1.08. The summed E-state index contributed by atoms with van der Waals surface area (Å²) in [5, 5.41) is 4.01. The van der Waals surface area contributed by atoms with E-state index in [-0.39, 0.29) is 0 Å². The van der Waals surface area contributed by atoms with Gasteiger partial charge in [-0.05, 0) is 40.6 Å². The first-order valence-corrected chi connectivity index (χ1v) is 8.36. The van der Waals surface area contributed by atoms with Crippen molar-refractivity contribution in [2.45, 2.75) is 10.1 Å². The summed E-state index contributed by atoms with van der Waals surface area (Å²) >= 11 is 3.07. The van der Waals surface area contributed by atoms with Crippen LogP contribution in [0.4, 0.5) is 5.69 Å². The Balaban J connectivity index is 1.92. The molecule has 1 atom stereocenters. The number of rotatable bonds is 3. The summed E-state index contributed by atoms with van der Waals surface area (Å²) in [6, 6.07) is 7.55. The molecule has 3 aromatic rings. The maximum Gasteiger partial charge on any atom is 0.182 e. The van der Waals surface area contributed by atoms with Crippen molar-refractivity contribution in [1.29, 1.82) is 0 Å². The van der Waals surface area contributed by atoms with Crippen molar-refractivity contribution < 1.29 is 4.21 Å². The van der Waals surface area contributed by atoms with Crippen LogP contribution in [0.3, 0.4) is 0 Å². The number of anilines is 1. The fraction of sp³-hybridized carbons (Fsp3) is 0.0833. The first-order valence-electron chi connectivity index (χ1n) is 5.28. The topological polar surface area (TPSA) is 56.0 Å². The van der Waals surface area contributed by atoms with Crippen molar-refractivity contribution in [2.24, 2.45) is 0 Å². The molecule has 0 bridgehead atoms. The predicted octanol–water partition coefficient (Wildman–Crippen LogP) is 3.25. The third kappa shape index (κ3) is 2.31. The highest BCUT2D eigenvalue weighted by atomic mass is 32.2. The number of fused-ring (bicyclic) bond motifs is 1. The van der Waals surface area contributed by atoms with Gasteiger partial charge in [0.05, 0.1) is 26.8 Å². The number of nitrogens with zero attached hydrogens (tertiary/aromatic N) is 1. The minimum Gasteiger partial charge on any atom is -0.399 e. The molecule has 6 heteroatoms. The van der Waals surface area contributed by atoms with Crippen LogP contribution >= 0.6 is 22.7 Å². The highest BCUT2D eigenvalue weighted by molar-refractivity contribution is 7.86. The van der Waals surface area contributed by atoms with E-state index in [1.165, 1.54) is 11.3 Å². The lowest BCUT2D eigenvalue weighted by atomic mass is 10.3. The maximum absolute atomic E-state index is 12.2. The molecule has 2 aromatic heterocycles. The Labute approximate surface area is 115 Å². The molecule has 0 fully saturated rings. The number of aromatic nitrogens is 1. The van der Waals surface area contributed by atoms with Gasteiger partial charge < -0.3 is 5.73 Å². The van der Waals surface area contributed by atoms with Gasteiger partial charge in [0.25, 0.3) is 0 Å². The Morgan fingerprint density at radius 2 is 2.22 bits per heavy atom. The molecule has 0 aliphatic heterocycles. The molecule has 3 nitrogen and oxygen atoms in total. The molecule has 0 radical (unpaired) electrons. The molecule has 18 heavy (non-hydrogen) atoms. The number of hydrogen-bond donors (Lipinski definition) is 1. The van der Waals surface area contributed by atoms with E-state index < -0.39 is 10.8 Å². The van der Waals surface area contributed by atoms with E-state index in [0.717, 1.165) is 15.8 Å². The van der Waals surface area contributed by atoms with E-state index in [4.69, 9.17) is 5.73 Å². The van der Waals surface area contributed by atoms with E-state index in [1.54, 1.807) is 11.3 Å². The van der Waals surface area contributed by atoms with Gasteiger partial charge in [-0.15, -0.1) is 11.3 Å². The molecule has 2 heterocycles. The molecule has 0 saturated heterocycles. The summed E-state index contributed by atoms with van der Waals surface area (Å²) in [5.41, 5.74) is 8.39. The molecule has 0 spiro atoms. The van der Waals surface area contributed by atoms with Crippen LogP contribution in [-0.2, 0) is 16.6 Å². The van der Waals surface area contributed by atoms with Crippen LogP contribution in [0.15, 0.2) is 39.4 Å². The first kappa shape index (κ1) is 11.8. The van der Waals surface area contributed by atoms with Gasteiger partial charge in [0.2, 0.25) is 0 Å². The molecular formula is C12H10N2OS3. The summed E-state index contributed by atoms with van der Waals surface area (Å²) in [4.78, 5) is 4.40. The summed E-state index contributed by atoms with van der Waals surface area (Å²) in [5.74, 6) is 0.527. The number of hydrogen-bond acceptors (Lipinski definition) is 5. The minimum absolute atomic E-state index is 0.527. The highest BCUT2D eigenvalue weighted by Gasteiger charge is 2.11. The zero-order valence-electron chi connectivity index (χ0n) is 9.33. The number of nitrogens with two attached hydrogens (primary N) is 1. The van der Waals surface area contributed by atoms with Crippen LogP contribution in [0.1, 0.15) is 5.56 Å². The van der Waals surface area contributed by atoms with Crippen LogP contribution in [0.5, 0.6) is 0 Å². The van der Waals surface area contributed by atoms with Crippen molar-refractivity contribution in [3.8, 4) is 0 Å². The second-order valence-electron chi connectivity index (χ2n) is 3.83. The van der Waals surface area contributed by atoms with Crippen LogP contribution < -0.4 is 5.73 Å². The van der Waals surface area contributed by atoms with Crippen LogP contribution in [0, 0.1) is 0 Å². The highest BCUT2D eigenvalue weighted by Crippen LogP contribution is 2.27. The number of benzene rings is 1. The van der Waals surface area contributed by atoms with Crippen molar-refractivity contribution in [3.63, 3.8) is 0 Å². The second kappa shape index (κ2) is 4.79. The van der Waals surface area contributed by atoms with E-state index in [2.05, 4.69) is 4.98 Å². The lowest BCUT2D eigenvalue weighted by molar-refractivity contribution is 0.682. The average Bonchev–Trinajstić information content (AvgIpc) is 2.96. The SMILES string of the molecule is Nc1ccc2nc(S(=O)Cc3ccsc3)sc2c1. The van der Waals surface area contributed by atoms with E-state index >= 15 is 0 Å². The monoisotopic (exact) mass is 294 g/mol. The Morgan fingerprint density at radius 1 is 1.33 bits per heavy atom. The molecule has 0 aliphatic rings. The molecule has 1 unspecified atom stereocenters. The lowest BCUT2D eigenvalue weighted by Gasteiger charge is -1.94. The normalized spacial score (nSPS) is 12.9. The summed E-state index contributed by atoms with van der Waals surface area (Å²) in [6.07, 6.45) is 0. The van der Waals surface area contributed by atoms with E-state index in [1.807, 2.05) is 35.0 Å². The summed E-state index contributed by atoms with van der Waals surface area (Å²) < 4.78 is 13.9. The van der Waals surface area contributed by atoms with E-state index in [9.17, 15) is 4.21 Å². The standard InChI is InChI=1S/C12H10N2OS3/c13-9-1-2-10-11(5-9)17-12(14-10)18(15)7-8-3-4-16-6-8/h1-6H,7,13H2. The third-order valence-electron chi connectivity index (χ3n) is 2.47. The number of thiazole rings is 1. The second-order valence-corrected chi connectivity index (χ2v) is 7.26. The molecule has 92 valence electrons. The van der Waals surface area contributed by atoms with E-state index in [0.29, 0.717) is 15.8 Å². The lowest BCUT2D eigenvalue weighted by Crippen LogP contribution is -1.93. The van der Waals surface area contributed by atoms with Crippen molar-refractivity contribution in [1.82, 2.24) is 4.98 Å². The van der Waals surface area contributed by atoms with Crippen LogP contribution in [-0.4, -0.2) is 9.19 Å². The largest absolute Gasteiger partial charge is 0.399 e.